The minimum absolute atomic E-state index is 0.0974. The maximum atomic E-state index is 12.4. The molecule has 0 saturated heterocycles. The molecule has 0 aliphatic carbocycles. The summed E-state index contributed by atoms with van der Waals surface area (Å²) < 4.78 is 11.2. The average molecular weight is 445 g/mol. The number of oxazole rings is 1. The topological polar surface area (TPSA) is 110 Å². The second-order valence-electron chi connectivity index (χ2n) is 7.82. The van der Waals surface area contributed by atoms with Gasteiger partial charge in [0.1, 0.15) is 12.3 Å². The van der Waals surface area contributed by atoms with Gasteiger partial charge in [-0.2, -0.15) is 0 Å². The molecule has 0 spiro atoms. The number of hydrogen-bond donors (Lipinski definition) is 3. The monoisotopic (exact) mass is 444 g/mol. The number of nitrogens with one attached hydrogen (secondary N) is 2. The fraction of sp³-hybridized carbons (Fsp3) is 0.318. The molecule has 2 aromatic heterocycles. The van der Waals surface area contributed by atoms with Crippen LogP contribution in [0, 0.1) is 0 Å². The first-order chi connectivity index (χ1) is 14.8. The molecular weight excluding hydrogens is 420 g/mol. The average Bonchev–Trinajstić information content (AvgIpc) is 3.17. The molecule has 3 rings (SSSR count). The third kappa shape index (κ3) is 6.19. The predicted molar refractivity (Wildman–Crippen MR) is 118 cm³/mol. The van der Waals surface area contributed by atoms with Crippen molar-refractivity contribution in [3.8, 4) is 17.1 Å². The number of carbonyl (C=O) groups is 1. The number of urea groups is 1. The first-order valence-corrected chi connectivity index (χ1v) is 10.1. The summed E-state index contributed by atoms with van der Waals surface area (Å²) in [7, 11) is 0. The molecule has 8 nitrogen and oxygen atoms in total. The fourth-order valence-electron chi connectivity index (χ4n) is 2.68. The van der Waals surface area contributed by atoms with Crippen LogP contribution in [0.3, 0.4) is 0 Å². The zero-order valence-corrected chi connectivity index (χ0v) is 18.4. The number of aliphatic hydroxyl groups excluding tert-OH is 1. The van der Waals surface area contributed by atoms with Gasteiger partial charge >= 0.3 is 6.03 Å². The van der Waals surface area contributed by atoms with E-state index < -0.39 is 6.03 Å². The van der Waals surface area contributed by atoms with Gasteiger partial charge in [0.25, 0.3) is 0 Å². The molecule has 0 atom stereocenters. The first-order valence-electron chi connectivity index (χ1n) is 9.77. The third-order valence-corrected chi connectivity index (χ3v) is 4.42. The highest BCUT2D eigenvalue weighted by molar-refractivity contribution is 6.30. The molecule has 2 amide bonds. The molecule has 3 aromatic rings. The Morgan fingerprint density at radius 2 is 2.06 bits per heavy atom. The molecule has 0 saturated carbocycles. The molecule has 0 unspecified atom stereocenters. The standard InChI is InChI=1S/C22H25ClN4O4/c1-22(2,3)20-27-19(14-5-4-6-15(23)11-14)17(31-20)13-25-21(29)26-16-7-8-18(24-12-16)30-10-9-28/h4-8,11-12,28H,9-10,13H2,1-3H3,(H2,25,26,29). The fourth-order valence-corrected chi connectivity index (χ4v) is 2.87. The Labute approximate surface area is 185 Å². The highest BCUT2D eigenvalue weighted by Gasteiger charge is 2.24. The number of carbonyl (C=O) groups excluding carboxylic acids is 1. The number of halogens is 1. The Balaban J connectivity index is 1.70. The van der Waals surface area contributed by atoms with E-state index in [1.807, 2.05) is 39.0 Å². The van der Waals surface area contributed by atoms with E-state index in [0.717, 1.165) is 5.56 Å². The van der Waals surface area contributed by atoms with Crippen molar-refractivity contribution in [2.45, 2.75) is 32.7 Å². The van der Waals surface area contributed by atoms with Crippen LogP contribution in [0.5, 0.6) is 5.88 Å². The van der Waals surface area contributed by atoms with Gasteiger partial charge in [0.05, 0.1) is 25.0 Å². The number of amides is 2. The third-order valence-electron chi connectivity index (χ3n) is 4.18. The molecule has 0 aliphatic heterocycles. The van der Waals surface area contributed by atoms with Crippen LogP contribution in [0.2, 0.25) is 5.02 Å². The summed E-state index contributed by atoms with van der Waals surface area (Å²) in [5.41, 5.74) is 1.66. The normalized spacial score (nSPS) is 11.3. The highest BCUT2D eigenvalue weighted by atomic mass is 35.5. The lowest BCUT2D eigenvalue weighted by atomic mass is 9.97. The number of aromatic nitrogens is 2. The van der Waals surface area contributed by atoms with E-state index in [1.165, 1.54) is 6.20 Å². The second-order valence-corrected chi connectivity index (χ2v) is 8.25. The molecule has 1 aromatic carbocycles. The lowest BCUT2D eigenvalue weighted by molar-refractivity contribution is 0.196. The van der Waals surface area contributed by atoms with Gasteiger partial charge in [-0.05, 0) is 18.2 Å². The van der Waals surface area contributed by atoms with Crippen molar-refractivity contribution >= 4 is 23.3 Å². The Morgan fingerprint density at radius 1 is 1.26 bits per heavy atom. The minimum Gasteiger partial charge on any atom is -0.475 e. The number of nitrogens with zero attached hydrogens (tertiary/aromatic N) is 2. The van der Waals surface area contributed by atoms with Gasteiger partial charge < -0.3 is 24.9 Å². The van der Waals surface area contributed by atoms with Gasteiger partial charge in [0, 0.05) is 22.1 Å². The van der Waals surface area contributed by atoms with Crippen LogP contribution in [0.15, 0.2) is 47.0 Å². The largest absolute Gasteiger partial charge is 0.475 e. The second kappa shape index (κ2) is 9.80. The van der Waals surface area contributed by atoms with E-state index in [4.69, 9.17) is 25.9 Å². The van der Waals surface area contributed by atoms with Crippen molar-refractivity contribution in [1.82, 2.24) is 15.3 Å². The summed E-state index contributed by atoms with van der Waals surface area (Å²) in [5, 5.41) is 14.8. The lowest BCUT2D eigenvalue weighted by Crippen LogP contribution is -2.28. The molecule has 31 heavy (non-hydrogen) atoms. The summed E-state index contributed by atoms with van der Waals surface area (Å²) in [6, 6.07) is 10.2. The van der Waals surface area contributed by atoms with Crippen molar-refractivity contribution in [2.75, 3.05) is 18.5 Å². The van der Waals surface area contributed by atoms with Crippen molar-refractivity contribution < 1.29 is 19.1 Å². The van der Waals surface area contributed by atoms with E-state index in [9.17, 15) is 4.79 Å². The van der Waals surface area contributed by atoms with Gasteiger partial charge in [-0.3, -0.25) is 0 Å². The van der Waals surface area contributed by atoms with Crippen LogP contribution in [0.1, 0.15) is 32.4 Å². The zero-order valence-electron chi connectivity index (χ0n) is 17.6. The van der Waals surface area contributed by atoms with E-state index >= 15 is 0 Å². The summed E-state index contributed by atoms with van der Waals surface area (Å²) in [5.74, 6) is 1.47. The van der Waals surface area contributed by atoms with E-state index in [1.54, 1.807) is 18.2 Å². The van der Waals surface area contributed by atoms with Crippen molar-refractivity contribution in [2.24, 2.45) is 0 Å². The molecule has 9 heteroatoms. The number of anilines is 1. The van der Waals surface area contributed by atoms with Crippen LogP contribution < -0.4 is 15.4 Å². The van der Waals surface area contributed by atoms with Gasteiger partial charge in [0.15, 0.2) is 11.7 Å². The van der Waals surface area contributed by atoms with Crippen molar-refractivity contribution in [3.05, 3.63) is 59.3 Å². The summed E-state index contributed by atoms with van der Waals surface area (Å²) in [6.45, 7) is 6.22. The Bertz CT molecular complexity index is 1030. The SMILES string of the molecule is CC(C)(C)c1nc(-c2cccc(Cl)c2)c(CNC(=O)Nc2ccc(OCCO)nc2)o1. The van der Waals surface area contributed by atoms with Crippen molar-refractivity contribution in [1.29, 1.82) is 0 Å². The van der Waals surface area contributed by atoms with Gasteiger partial charge in [-0.25, -0.2) is 14.8 Å². The Morgan fingerprint density at radius 3 is 2.71 bits per heavy atom. The zero-order chi connectivity index (χ0) is 22.4. The van der Waals surface area contributed by atoms with Crippen LogP contribution in [0.4, 0.5) is 10.5 Å². The maximum Gasteiger partial charge on any atom is 0.319 e. The van der Waals surface area contributed by atoms with Crippen molar-refractivity contribution in [3.63, 3.8) is 0 Å². The van der Waals surface area contributed by atoms with Crippen LogP contribution in [0.25, 0.3) is 11.3 Å². The Kier molecular flexibility index (Phi) is 7.14. The molecule has 0 radical (unpaired) electrons. The summed E-state index contributed by atoms with van der Waals surface area (Å²) in [6.07, 6.45) is 1.47. The molecule has 0 aliphatic rings. The van der Waals surface area contributed by atoms with Crippen LogP contribution in [-0.4, -0.2) is 34.3 Å². The van der Waals surface area contributed by atoms with Crippen LogP contribution in [-0.2, 0) is 12.0 Å². The Hall–Kier alpha value is -3.10. The number of ether oxygens (including phenoxy) is 1. The number of pyridine rings is 1. The van der Waals surface area contributed by atoms with E-state index in [-0.39, 0.29) is 25.2 Å². The summed E-state index contributed by atoms with van der Waals surface area (Å²) in [4.78, 5) is 21.1. The molecule has 3 N–H and O–H groups in total. The minimum atomic E-state index is -0.420. The summed E-state index contributed by atoms with van der Waals surface area (Å²) >= 11 is 6.14. The van der Waals surface area contributed by atoms with Gasteiger partial charge in [0.2, 0.25) is 5.88 Å². The molecule has 164 valence electrons. The van der Waals surface area contributed by atoms with Gasteiger partial charge in [-0.1, -0.05) is 44.5 Å². The van der Waals surface area contributed by atoms with E-state index in [0.29, 0.717) is 33.9 Å². The molecular formula is C22H25ClN4O4. The number of rotatable bonds is 7. The van der Waals surface area contributed by atoms with Gasteiger partial charge in [-0.15, -0.1) is 0 Å². The van der Waals surface area contributed by atoms with Crippen LogP contribution >= 0.6 is 11.6 Å². The lowest BCUT2D eigenvalue weighted by Gasteiger charge is -2.12. The number of hydrogen-bond acceptors (Lipinski definition) is 6. The smallest absolute Gasteiger partial charge is 0.319 e. The first kappa shape index (κ1) is 22.6. The molecule has 0 fully saturated rings. The molecule has 2 heterocycles. The maximum absolute atomic E-state index is 12.4. The predicted octanol–water partition coefficient (Wildman–Crippen LogP) is 4.38. The van der Waals surface area contributed by atoms with E-state index in [2.05, 4.69) is 20.6 Å². The molecule has 0 bridgehead atoms. The quantitative estimate of drug-likeness (QED) is 0.499. The number of benzene rings is 1. The number of aliphatic hydroxyl groups is 1. The highest BCUT2D eigenvalue weighted by Crippen LogP contribution is 2.31.